The molecule has 1 aliphatic carbocycles. The molecule has 2 aliphatic rings. The predicted molar refractivity (Wildman–Crippen MR) is 83.8 cm³/mol. The van der Waals surface area contributed by atoms with E-state index in [9.17, 15) is 14.4 Å². The summed E-state index contributed by atoms with van der Waals surface area (Å²) in [5, 5.41) is 1.42. The van der Waals surface area contributed by atoms with Gasteiger partial charge in [-0.1, -0.05) is 15.9 Å². The van der Waals surface area contributed by atoms with E-state index in [4.69, 9.17) is 0 Å². The van der Waals surface area contributed by atoms with E-state index in [2.05, 4.69) is 31.2 Å². The zero-order valence-corrected chi connectivity index (χ0v) is 13.6. The molecular weight excluding hydrogens is 354 g/mol. The minimum atomic E-state index is -0.657. The standard InChI is InChI=1S/C14H16BrN3O4/c1-22-17-11(19)6-9-3-2-7-4-8(15)5-10-12(7)18(9)14(21)13(20)16-10/h5,8-9H,2-4,6H2,1H3,(H,16,20)(H,17,19). The van der Waals surface area contributed by atoms with Crippen molar-refractivity contribution < 1.29 is 9.63 Å². The Kier molecular flexibility index (Phi) is 4.05. The van der Waals surface area contributed by atoms with Gasteiger partial charge in [-0.15, -0.1) is 0 Å². The van der Waals surface area contributed by atoms with E-state index in [0.717, 1.165) is 23.8 Å². The van der Waals surface area contributed by atoms with E-state index < -0.39 is 11.1 Å². The molecule has 22 heavy (non-hydrogen) atoms. The molecule has 0 saturated carbocycles. The van der Waals surface area contributed by atoms with Gasteiger partial charge in [-0.2, -0.15) is 0 Å². The number of hydroxylamine groups is 1. The monoisotopic (exact) mass is 369 g/mol. The predicted octanol–water partition coefficient (Wildman–Crippen LogP) is -0.962. The number of H-pyrrole nitrogens is 1. The van der Waals surface area contributed by atoms with Gasteiger partial charge in [0.2, 0.25) is 5.91 Å². The quantitative estimate of drug-likeness (QED) is 0.407. The third-order valence-electron chi connectivity index (χ3n) is 4.06. The first-order valence-corrected chi connectivity index (χ1v) is 7.97. The Bertz CT molecular complexity index is 854. The fraction of sp³-hybridized carbons (Fsp3) is 0.500. The molecule has 2 N–H and O–H groups in total. The van der Waals surface area contributed by atoms with Crippen molar-refractivity contribution in [3.05, 3.63) is 31.4 Å². The molecule has 2 atom stereocenters. The van der Waals surface area contributed by atoms with E-state index in [-0.39, 0.29) is 23.2 Å². The van der Waals surface area contributed by atoms with Crippen LogP contribution in [0.3, 0.4) is 0 Å². The van der Waals surface area contributed by atoms with Gasteiger partial charge in [0.25, 0.3) is 0 Å². The summed E-state index contributed by atoms with van der Waals surface area (Å²) in [6, 6.07) is -0.331. The lowest BCUT2D eigenvalue weighted by Gasteiger charge is -2.28. The summed E-state index contributed by atoms with van der Waals surface area (Å²) >= 11 is 3.54. The smallest absolute Gasteiger partial charge is 0.316 e. The van der Waals surface area contributed by atoms with Gasteiger partial charge in [0.15, 0.2) is 0 Å². The molecule has 2 unspecified atom stereocenters. The summed E-state index contributed by atoms with van der Waals surface area (Å²) in [6.45, 7) is 0. The van der Waals surface area contributed by atoms with Gasteiger partial charge in [-0.3, -0.25) is 23.8 Å². The first-order valence-electron chi connectivity index (χ1n) is 7.06. The minimum absolute atomic E-state index is 0.106. The molecule has 0 aromatic carbocycles. The number of alkyl halides is 1. The number of hydrogen-bond acceptors (Lipinski definition) is 4. The van der Waals surface area contributed by atoms with Crippen molar-refractivity contribution in [1.82, 2.24) is 15.0 Å². The van der Waals surface area contributed by atoms with Gasteiger partial charge in [0.05, 0.1) is 17.8 Å². The molecule has 7 nitrogen and oxygen atoms in total. The van der Waals surface area contributed by atoms with Gasteiger partial charge >= 0.3 is 11.1 Å². The van der Waals surface area contributed by atoms with Crippen molar-refractivity contribution in [3.63, 3.8) is 0 Å². The Morgan fingerprint density at radius 2 is 2.32 bits per heavy atom. The van der Waals surface area contributed by atoms with E-state index >= 15 is 0 Å². The number of amides is 1. The molecule has 0 fully saturated rings. The van der Waals surface area contributed by atoms with Gasteiger partial charge in [0.1, 0.15) is 0 Å². The van der Waals surface area contributed by atoms with E-state index in [1.54, 1.807) is 0 Å². The summed E-state index contributed by atoms with van der Waals surface area (Å²) in [6.07, 6.45) is 4.26. The topological polar surface area (TPSA) is 93.2 Å². The Morgan fingerprint density at radius 3 is 3.05 bits per heavy atom. The lowest BCUT2D eigenvalue weighted by molar-refractivity contribution is -0.132. The van der Waals surface area contributed by atoms with Gasteiger partial charge in [-0.25, -0.2) is 5.48 Å². The van der Waals surface area contributed by atoms with Crippen LogP contribution >= 0.6 is 15.9 Å². The molecule has 1 amide bonds. The number of carbonyl (C=O) groups excluding carboxylic acids is 1. The largest absolute Gasteiger partial charge is 0.316 e. The summed E-state index contributed by atoms with van der Waals surface area (Å²) in [7, 11) is 1.36. The molecule has 0 radical (unpaired) electrons. The van der Waals surface area contributed by atoms with Crippen LogP contribution in [0.4, 0.5) is 0 Å². The van der Waals surface area contributed by atoms with E-state index in [1.165, 1.54) is 11.7 Å². The molecule has 1 aromatic rings. The van der Waals surface area contributed by atoms with E-state index in [0.29, 0.717) is 11.8 Å². The second-order valence-electron chi connectivity index (χ2n) is 5.51. The van der Waals surface area contributed by atoms with Crippen LogP contribution < -0.4 is 27.3 Å². The second-order valence-corrected chi connectivity index (χ2v) is 6.68. The van der Waals surface area contributed by atoms with E-state index in [1.807, 2.05) is 6.08 Å². The molecule has 0 spiro atoms. The second kappa shape index (κ2) is 5.85. The van der Waals surface area contributed by atoms with Crippen LogP contribution in [0.1, 0.15) is 31.7 Å². The Balaban J connectivity index is 2.19. The van der Waals surface area contributed by atoms with Gasteiger partial charge in [-0.05, 0) is 30.9 Å². The highest BCUT2D eigenvalue weighted by molar-refractivity contribution is 9.09. The first kappa shape index (κ1) is 15.2. The number of halogens is 1. The van der Waals surface area contributed by atoms with Crippen LogP contribution in [-0.2, 0) is 9.63 Å². The molecular formula is C14H16BrN3O4. The Hall–Kier alpha value is -1.67. The molecule has 2 heterocycles. The number of nitrogens with one attached hydrogen (secondary N) is 2. The Morgan fingerprint density at radius 1 is 1.55 bits per heavy atom. The zero-order valence-electron chi connectivity index (χ0n) is 12.0. The maximum absolute atomic E-state index is 12.3. The van der Waals surface area contributed by atoms with Crippen LogP contribution in [0.15, 0.2) is 9.59 Å². The summed E-state index contributed by atoms with van der Waals surface area (Å²) in [4.78, 5) is 43.4. The first-order chi connectivity index (χ1) is 10.5. The molecule has 1 aliphatic heterocycles. The molecule has 1 aromatic heterocycles. The van der Waals surface area contributed by atoms with Crippen LogP contribution in [0.25, 0.3) is 11.6 Å². The highest BCUT2D eigenvalue weighted by Gasteiger charge is 2.27. The molecule has 3 rings (SSSR count). The third-order valence-corrected chi connectivity index (χ3v) is 4.65. The van der Waals surface area contributed by atoms with Crippen molar-refractivity contribution in [2.75, 3.05) is 7.11 Å². The average molecular weight is 370 g/mol. The number of carbonyl (C=O) groups is 1. The average Bonchev–Trinajstić information content (AvgIpc) is 2.45. The van der Waals surface area contributed by atoms with Crippen LogP contribution in [0.5, 0.6) is 0 Å². The Labute approximate surface area is 133 Å². The molecule has 8 heteroatoms. The number of aromatic amines is 1. The third kappa shape index (κ3) is 2.56. The lowest BCUT2D eigenvalue weighted by Crippen LogP contribution is -2.58. The fourth-order valence-corrected chi connectivity index (χ4v) is 3.89. The van der Waals surface area contributed by atoms with Gasteiger partial charge < -0.3 is 4.98 Å². The van der Waals surface area contributed by atoms with Gasteiger partial charge in [0, 0.05) is 17.3 Å². The highest BCUT2D eigenvalue weighted by atomic mass is 79.9. The molecule has 0 bridgehead atoms. The van der Waals surface area contributed by atoms with Crippen LogP contribution in [0, 0.1) is 0 Å². The summed E-state index contributed by atoms with van der Waals surface area (Å²) < 4.78 is 1.48. The number of aromatic nitrogens is 2. The zero-order chi connectivity index (χ0) is 15.9. The number of hydrogen-bond donors (Lipinski definition) is 2. The highest BCUT2D eigenvalue weighted by Crippen LogP contribution is 2.27. The summed E-state index contributed by atoms with van der Waals surface area (Å²) in [5.41, 5.74) is 2.13. The molecule has 118 valence electrons. The summed E-state index contributed by atoms with van der Waals surface area (Å²) in [5.74, 6) is -0.310. The maximum atomic E-state index is 12.3. The van der Waals surface area contributed by atoms with Crippen molar-refractivity contribution in [2.45, 2.75) is 36.6 Å². The van der Waals surface area contributed by atoms with Crippen LogP contribution in [0.2, 0.25) is 0 Å². The van der Waals surface area contributed by atoms with Crippen molar-refractivity contribution in [1.29, 1.82) is 0 Å². The van der Waals surface area contributed by atoms with Crippen molar-refractivity contribution >= 4 is 33.5 Å². The maximum Gasteiger partial charge on any atom is 0.316 e. The van der Waals surface area contributed by atoms with Crippen LogP contribution in [-0.4, -0.2) is 27.4 Å². The fourth-order valence-electron chi connectivity index (χ4n) is 3.23. The SMILES string of the molecule is CONC(=O)CC1CCC2=c3c([nH]c(=O)c(=O)n31)=CC(Br)C2. The number of rotatable bonds is 3. The lowest BCUT2D eigenvalue weighted by atomic mass is 9.92. The minimum Gasteiger partial charge on any atom is -0.316 e. The number of nitrogens with zero attached hydrogens (tertiary/aromatic N) is 1. The molecule has 0 saturated heterocycles. The van der Waals surface area contributed by atoms with Crippen molar-refractivity contribution in [2.24, 2.45) is 0 Å². The normalized spacial score (nSPS) is 22.7. The van der Waals surface area contributed by atoms with Crippen molar-refractivity contribution in [3.8, 4) is 0 Å².